The number of hydrogen-bond acceptors (Lipinski definition) is 6. The van der Waals surface area contributed by atoms with E-state index in [1.54, 1.807) is 12.3 Å². The monoisotopic (exact) mass is 427 g/mol. The van der Waals surface area contributed by atoms with E-state index < -0.39 is 5.25 Å². The van der Waals surface area contributed by atoms with Crippen LogP contribution in [0.3, 0.4) is 0 Å². The van der Waals surface area contributed by atoms with Crippen LogP contribution in [0.25, 0.3) is 11.5 Å². The molecule has 3 aromatic rings. The standard InChI is InChI=1S/C22H29N5O2S/c1-7-14(2)27-18(12-13-23-27)24-19(28)15(3)30-21-26-25-20(29-21)16-8-10-17(11-9-16)22(4,5)6/h8-15H,7H2,1-6H3,(H,24,28)/t14-,15+/m0/s1. The Bertz CT molecular complexity index is 988. The van der Waals surface area contributed by atoms with Gasteiger partial charge in [-0.25, -0.2) is 4.68 Å². The Labute approximate surface area is 181 Å². The van der Waals surface area contributed by atoms with Gasteiger partial charge in [-0.3, -0.25) is 4.79 Å². The molecule has 0 saturated heterocycles. The van der Waals surface area contributed by atoms with E-state index in [1.807, 2.05) is 23.7 Å². The molecule has 160 valence electrons. The first-order valence-corrected chi connectivity index (χ1v) is 11.0. The van der Waals surface area contributed by atoms with Crippen LogP contribution < -0.4 is 5.32 Å². The summed E-state index contributed by atoms with van der Waals surface area (Å²) in [4.78, 5) is 12.6. The smallest absolute Gasteiger partial charge is 0.277 e. The van der Waals surface area contributed by atoms with Crippen LogP contribution in [0.1, 0.15) is 59.6 Å². The molecular weight excluding hydrogens is 398 g/mol. The van der Waals surface area contributed by atoms with Crippen molar-refractivity contribution in [2.45, 2.75) is 69.9 Å². The van der Waals surface area contributed by atoms with Gasteiger partial charge in [-0.1, -0.05) is 51.6 Å². The number of benzene rings is 1. The fourth-order valence-corrected chi connectivity index (χ4v) is 3.54. The Morgan fingerprint density at radius 3 is 2.50 bits per heavy atom. The number of hydrogen-bond donors (Lipinski definition) is 1. The Morgan fingerprint density at radius 2 is 1.87 bits per heavy atom. The molecule has 0 unspecified atom stereocenters. The molecule has 0 radical (unpaired) electrons. The van der Waals surface area contributed by atoms with Gasteiger partial charge in [-0.2, -0.15) is 5.10 Å². The lowest BCUT2D eigenvalue weighted by Gasteiger charge is -2.18. The summed E-state index contributed by atoms with van der Waals surface area (Å²) in [6.45, 7) is 12.5. The second-order valence-electron chi connectivity index (χ2n) is 8.37. The van der Waals surface area contributed by atoms with Gasteiger partial charge in [-0.05, 0) is 43.4 Å². The van der Waals surface area contributed by atoms with Gasteiger partial charge in [0.25, 0.3) is 5.22 Å². The predicted molar refractivity (Wildman–Crippen MR) is 120 cm³/mol. The molecule has 0 saturated carbocycles. The number of carbonyl (C=O) groups excluding carboxylic acids is 1. The van der Waals surface area contributed by atoms with E-state index in [1.165, 1.54) is 17.3 Å². The van der Waals surface area contributed by atoms with Crippen LogP contribution in [0, 0.1) is 0 Å². The fraction of sp³-hybridized carbons (Fsp3) is 0.455. The Balaban J connectivity index is 1.64. The highest BCUT2D eigenvalue weighted by Crippen LogP contribution is 2.29. The SMILES string of the molecule is CC[C@H](C)n1nccc1NC(=O)[C@@H](C)Sc1nnc(-c2ccc(C(C)(C)C)cc2)o1. The lowest BCUT2D eigenvalue weighted by Crippen LogP contribution is -2.24. The Morgan fingerprint density at radius 1 is 1.17 bits per heavy atom. The predicted octanol–water partition coefficient (Wildman–Crippen LogP) is 5.32. The molecule has 0 fully saturated rings. The topological polar surface area (TPSA) is 85.8 Å². The molecule has 0 aliphatic carbocycles. The molecule has 0 spiro atoms. The number of rotatable bonds is 7. The van der Waals surface area contributed by atoms with Gasteiger partial charge in [0, 0.05) is 11.6 Å². The van der Waals surface area contributed by atoms with Gasteiger partial charge in [0.1, 0.15) is 5.82 Å². The zero-order chi connectivity index (χ0) is 21.9. The van der Waals surface area contributed by atoms with Crippen molar-refractivity contribution in [3.05, 3.63) is 42.1 Å². The molecule has 3 rings (SSSR count). The Hall–Kier alpha value is -2.61. The number of amides is 1. The van der Waals surface area contributed by atoms with E-state index in [-0.39, 0.29) is 17.4 Å². The molecule has 2 heterocycles. The molecule has 8 heteroatoms. The lowest BCUT2D eigenvalue weighted by molar-refractivity contribution is -0.115. The fourth-order valence-electron chi connectivity index (χ4n) is 2.86. The van der Waals surface area contributed by atoms with E-state index in [2.05, 4.69) is 67.4 Å². The van der Waals surface area contributed by atoms with Gasteiger partial charge in [0.05, 0.1) is 17.5 Å². The van der Waals surface area contributed by atoms with E-state index in [0.29, 0.717) is 16.9 Å². The van der Waals surface area contributed by atoms with E-state index in [4.69, 9.17) is 4.42 Å². The summed E-state index contributed by atoms with van der Waals surface area (Å²) in [5.74, 6) is 0.992. The van der Waals surface area contributed by atoms with Crippen molar-refractivity contribution in [2.75, 3.05) is 5.32 Å². The number of nitrogens with one attached hydrogen (secondary N) is 1. The highest BCUT2D eigenvalue weighted by atomic mass is 32.2. The zero-order valence-electron chi connectivity index (χ0n) is 18.3. The van der Waals surface area contributed by atoms with Crippen molar-refractivity contribution in [1.29, 1.82) is 0 Å². The van der Waals surface area contributed by atoms with Gasteiger partial charge in [0.15, 0.2) is 0 Å². The summed E-state index contributed by atoms with van der Waals surface area (Å²) in [6, 6.07) is 10.1. The molecule has 0 bridgehead atoms. The summed E-state index contributed by atoms with van der Waals surface area (Å²) >= 11 is 1.23. The Kier molecular flexibility index (Phi) is 6.65. The first-order chi connectivity index (χ1) is 14.2. The van der Waals surface area contributed by atoms with Crippen LogP contribution in [-0.2, 0) is 10.2 Å². The number of aromatic nitrogens is 4. The van der Waals surface area contributed by atoms with Crippen molar-refractivity contribution >= 4 is 23.5 Å². The van der Waals surface area contributed by atoms with Gasteiger partial charge >= 0.3 is 0 Å². The lowest BCUT2D eigenvalue weighted by atomic mass is 9.87. The second kappa shape index (κ2) is 9.04. The molecule has 0 aliphatic heterocycles. The molecule has 1 aromatic carbocycles. The minimum absolute atomic E-state index is 0.0848. The summed E-state index contributed by atoms with van der Waals surface area (Å²) in [6.07, 6.45) is 2.62. The quantitative estimate of drug-likeness (QED) is 0.514. The molecule has 7 nitrogen and oxygen atoms in total. The first kappa shape index (κ1) is 22.1. The van der Waals surface area contributed by atoms with Crippen LogP contribution in [0.5, 0.6) is 0 Å². The van der Waals surface area contributed by atoms with Crippen LogP contribution in [0.4, 0.5) is 5.82 Å². The van der Waals surface area contributed by atoms with Crippen molar-refractivity contribution in [2.24, 2.45) is 0 Å². The van der Waals surface area contributed by atoms with Crippen molar-refractivity contribution < 1.29 is 9.21 Å². The molecule has 0 aliphatic rings. The van der Waals surface area contributed by atoms with E-state index >= 15 is 0 Å². The molecule has 1 amide bonds. The maximum Gasteiger partial charge on any atom is 0.277 e. The summed E-state index contributed by atoms with van der Waals surface area (Å²) in [7, 11) is 0. The third-order valence-corrected chi connectivity index (χ3v) is 5.92. The van der Waals surface area contributed by atoms with Gasteiger partial charge in [-0.15, -0.1) is 10.2 Å². The number of anilines is 1. The highest BCUT2D eigenvalue weighted by Gasteiger charge is 2.21. The average molecular weight is 428 g/mol. The zero-order valence-corrected chi connectivity index (χ0v) is 19.2. The minimum atomic E-state index is -0.401. The maximum atomic E-state index is 12.6. The largest absolute Gasteiger partial charge is 0.411 e. The third kappa shape index (κ3) is 5.11. The van der Waals surface area contributed by atoms with E-state index in [0.717, 1.165) is 12.0 Å². The van der Waals surface area contributed by atoms with Gasteiger partial charge < -0.3 is 9.73 Å². The van der Waals surface area contributed by atoms with Crippen LogP contribution >= 0.6 is 11.8 Å². The van der Waals surface area contributed by atoms with Crippen LogP contribution in [0.2, 0.25) is 0 Å². The molecule has 1 N–H and O–H groups in total. The molecule has 2 atom stereocenters. The number of thioether (sulfide) groups is 1. The van der Waals surface area contributed by atoms with Crippen molar-refractivity contribution in [3.63, 3.8) is 0 Å². The van der Waals surface area contributed by atoms with Crippen molar-refractivity contribution in [3.8, 4) is 11.5 Å². The maximum absolute atomic E-state index is 12.6. The summed E-state index contributed by atoms with van der Waals surface area (Å²) < 4.78 is 7.59. The van der Waals surface area contributed by atoms with E-state index in [9.17, 15) is 4.79 Å². The molecule has 30 heavy (non-hydrogen) atoms. The number of carbonyl (C=O) groups is 1. The summed E-state index contributed by atoms with van der Waals surface area (Å²) in [5.41, 5.74) is 2.18. The minimum Gasteiger partial charge on any atom is -0.411 e. The normalized spacial score (nSPS) is 13.8. The first-order valence-electron chi connectivity index (χ1n) is 10.1. The summed E-state index contributed by atoms with van der Waals surface area (Å²) in [5, 5.41) is 15.4. The highest BCUT2D eigenvalue weighted by molar-refractivity contribution is 8.00. The second-order valence-corrected chi connectivity index (χ2v) is 9.66. The molecular formula is C22H29N5O2S. The van der Waals surface area contributed by atoms with Crippen LogP contribution in [-0.4, -0.2) is 31.1 Å². The third-order valence-electron chi connectivity index (χ3n) is 4.98. The van der Waals surface area contributed by atoms with Crippen molar-refractivity contribution in [1.82, 2.24) is 20.0 Å². The van der Waals surface area contributed by atoms with Gasteiger partial charge in [0.2, 0.25) is 11.8 Å². The van der Waals surface area contributed by atoms with Crippen LogP contribution in [0.15, 0.2) is 46.2 Å². The average Bonchev–Trinajstić information content (AvgIpc) is 3.36. The molecule has 2 aromatic heterocycles. The number of nitrogens with zero attached hydrogens (tertiary/aromatic N) is 4.